The molecule has 2 aromatic carbocycles. The van der Waals surface area contributed by atoms with Crippen molar-refractivity contribution in [3.63, 3.8) is 0 Å². The average molecular weight is 448 g/mol. The number of benzene rings is 2. The number of carbonyl (C=O) groups is 1. The smallest absolute Gasteiger partial charge is 0.381 e. The largest absolute Gasteiger partial charge is 0.416 e. The van der Waals surface area contributed by atoms with Crippen LogP contribution in [0.4, 0.5) is 24.5 Å². The zero-order chi connectivity index (χ0) is 22.6. The van der Waals surface area contributed by atoms with E-state index in [9.17, 15) is 18.0 Å². The van der Waals surface area contributed by atoms with Crippen LogP contribution in [-0.4, -0.2) is 10.9 Å². The number of hydrogen-bond acceptors (Lipinski definition) is 3. The molecule has 3 aromatic rings. The lowest BCUT2D eigenvalue weighted by Crippen LogP contribution is -2.14. The number of anilines is 2. The number of nitrogens with one attached hydrogen (secondary N) is 2. The van der Waals surface area contributed by atoms with Crippen LogP contribution >= 0.6 is 11.6 Å². The van der Waals surface area contributed by atoms with E-state index in [1.165, 1.54) is 12.1 Å². The fraction of sp³-hybridized carbons (Fsp3) is 0.217. The molecule has 1 amide bonds. The van der Waals surface area contributed by atoms with Gasteiger partial charge in [0.2, 0.25) is 0 Å². The molecule has 1 aromatic heterocycles. The Bertz CT molecular complexity index is 1100. The molecule has 2 N–H and O–H groups in total. The summed E-state index contributed by atoms with van der Waals surface area (Å²) in [5.41, 5.74) is 2.91. The van der Waals surface area contributed by atoms with Gasteiger partial charge in [-0.1, -0.05) is 30.7 Å². The molecule has 3 rings (SSSR count). The van der Waals surface area contributed by atoms with Crippen LogP contribution in [-0.2, 0) is 19.1 Å². The first-order valence-corrected chi connectivity index (χ1v) is 10.0. The Hall–Kier alpha value is -3.06. The van der Waals surface area contributed by atoms with E-state index in [0.717, 1.165) is 35.4 Å². The van der Waals surface area contributed by atoms with Gasteiger partial charge in [-0.2, -0.15) is 13.2 Å². The normalized spacial score (nSPS) is 11.3. The number of alkyl halides is 3. The van der Waals surface area contributed by atoms with Crippen LogP contribution in [0.1, 0.15) is 39.7 Å². The van der Waals surface area contributed by atoms with Gasteiger partial charge in [-0.05, 0) is 55.3 Å². The molecule has 0 bridgehead atoms. The summed E-state index contributed by atoms with van der Waals surface area (Å²) < 4.78 is 38.7. The molecule has 8 heteroatoms. The number of aryl methyl sites for hydroxylation is 2. The lowest BCUT2D eigenvalue weighted by atomic mass is 10.1. The first-order chi connectivity index (χ1) is 14.7. The summed E-state index contributed by atoms with van der Waals surface area (Å²) >= 11 is 6.31. The lowest BCUT2D eigenvalue weighted by molar-refractivity contribution is -0.137. The van der Waals surface area contributed by atoms with E-state index in [1.807, 2.05) is 19.9 Å². The average Bonchev–Trinajstić information content (AvgIpc) is 2.73. The van der Waals surface area contributed by atoms with Crippen molar-refractivity contribution in [1.82, 2.24) is 4.98 Å². The standard InChI is InChI=1S/C23H21ClF3N3O/c1-3-18-11-20(24)16(12-28-18)13-29-21-9-15(8-7-14(21)2)22(31)30-19-6-4-5-17(10-19)23(25,26)27/h4-12,29H,3,13H2,1-2H3,(H,30,31). The van der Waals surface area contributed by atoms with Crippen molar-refractivity contribution in [3.05, 3.63) is 87.7 Å². The highest BCUT2D eigenvalue weighted by Crippen LogP contribution is 2.31. The van der Waals surface area contributed by atoms with Gasteiger partial charge in [0.25, 0.3) is 5.91 Å². The zero-order valence-corrected chi connectivity index (χ0v) is 17.7. The predicted molar refractivity (Wildman–Crippen MR) is 117 cm³/mol. The highest BCUT2D eigenvalue weighted by atomic mass is 35.5. The Morgan fingerprint density at radius 1 is 1.13 bits per heavy atom. The van der Waals surface area contributed by atoms with Gasteiger partial charge < -0.3 is 10.6 Å². The highest BCUT2D eigenvalue weighted by molar-refractivity contribution is 6.31. The van der Waals surface area contributed by atoms with Crippen LogP contribution in [0.25, 0.3) is 0 Å². The van der Waals surface area contributed by atoms with Gasteiger partial charge in [-0.15, -0.1) is 0 Å². The topological polar surface area (TPSA) is 54.0 Å². The van der Waals surface area contributed by atoms with Crippen molar-refractivity contribution in [3.8, 4) is 0 Å². The maximum absolute atomic E-state index is 12.9. The molecule has 0 spiro atoms. The number of carbonyl (C=O) groups excluding carboxylic acids is 1. The Labute approximate surface area is 183 Å². The fourth-order valence-corrected chi connectivity index (χ4v) is 3.18. The van der Waals surface area contributed by atoms with Crippen LogP contribution in [0.3, 0.4) is 0 Å². The SMILES string of the molecule is CCc1cc(Cl)c(CNc2cc(C(=O)Nc3cccc(C(F)(F)F)c3)ccc2C)cn1. The second kappa shape index (κ2) is 9.39. The second-order valence-corrected chi connectivity index (χ2v) is 7.44. The number of pyridine rings is 1. The number of aromatic nitrogens is 1. The van der Waals surface area contributed by atoms with Crippen LogP contribution in [0, 0.1) is 6.92 Å². The number of halogens is 4. The maximum atomic E-state index is 12.9. The maximum Gasteiger partial charge on any atom is 0.416 e. The lowest BCUT2D eigenvalue weighted by Gasteiger charge is -2.13. The number of rotatable bonds is 6. The molecule has 0 atom stereocenters. The Balaban J connectivity index is 1.74. The van der Waals surface area contributed by atoms with E-state index in [2.05, 4.69) is 15.6 Å². The van der Waals surface area contributed by atoms with Crippen molar-refractivity contribution in [1.29, 1.82) is 0 Å². The quantitative estimate of drug-likeness (QED) is 0.454. The van der Waals surface area contributed by atoms with Gasteiger partial charge in [0.05, 0.1) is 5.56 Å². The van der Waals surface area contributed by atoms with Gasteiger partial charge in [0, 0.05) is 46.0 Å². The van der Waals surface area contributed by atoms with E-state index in [1.54, 1.807) is 24.4 Å². The predicted octanol–water partition coefficient (Wildman–Crippen LogP) is 6.49. The molecule has 0 radical (unpaired) electrons. The minimum Gasteiger partial charge on any atom is -0.381 e. The van der Waals surface area contributed by atoms with E-state index < -0.39 is 17.6 Å². The van der Waals surface area contributed by atoms with Crippen LogP contribution < -0.4 is 10.6 Å². The minimum absolute atomic E-state index is 0.0729. The highest BCUT2D eigenvalue weighted by Gasteiger charge is 2.30. The molecule has 0 fully saturated rings. The summed E-state index contributed by atoms with van der Waals surface area (Å²) in [4.78, 5) is 16.9. The number of amides is 1. The van der Waals surface area contributed by atoms with Gasteiger partial charge in [0.1, 0.15) is 0 Å². The van der Waals surface area contributed by atoms with E-state index >= 15 is 0 Å². The monoisotopic (exact) mass is 447 g/mol. The van der Waals surface area contributed by atoms with Crippen LogP contribution in [0.2, 0.25) is 5.02 Å². The molecular formula is C23H21ClF3N3O. The summed E-state index contributed by atoms with van der Waals surface area (Å²) in [6.07, 6.45) is -1.98. The van der Waals surface area contributed by atoms with Crippen LogP contribution in [0.5, 0.6) is 0 Å². The summed E-state index contributed by atoms with van der Waals surface area (Å²) in [7, 11) is 0. The van der Waals surface area contributed by atoms with E-state index in [0.29, 0.717) is 22.8 Å². The number of hydrogen-bond donors (Lipinski definition) is 2. The number of nitrogens with zero attached hydrogens (tertiary/aromatic N) is 1. The van der Waals surface area contributed by atoms with Gasteiger partial charge in [0.15, 0.2) is 0 Å². The molecule has 0 aliphatic rings. The third kappa shape index (κ3) is 5.76. The van der Waals surface area contributed by atoms with Crippen LogP contribution in [0.15, 0.2) is 54.7 Å². The summed E-state index contributed by atoms with van der Waals surface area (Å²) in [5.74, 6) is -0.505. The molecule has 162 valence electrons. The Kier molecular flexibility index (Phi) is 6.85. The molecule has 1 heterocycles. The van der Waals surface area contributed by atoms with Gasteiger partial charge in [-0.25, -0.2) is 0 Å². The molecule has 31 heavy (non-hydrogen) atoms. The molecule has 0 saturated carbocycles. The van der Waals surface area contributed by atoms with Crippen molar-refractivity contribution in [2.75, 3.05) is 10.6 Å². The van der Waals surface area contributed by atoms with Crippen molar-refractivity contribution in [2.45, 2.75) is 33.0 Å². The third-order valence-electron chi connectivity index (χ3n) is 4.77. The Morgan fingerprint density at radius 3 is 2.58 bits per heavy atom. The second-order valence-electron chi connectivity index (χ2n) is 7.04. The van der Waals surface area contributed by atoms with Crippen molar-refractivity contribution in [2.24, 2.45) is 0 Å². The molecule has 4 nitrogen and oxygen atoms in total. The Morgan fingerprint density at radius 2 is 1.90 bits per heavy atom. The minimum atomic E-state index is -4.48. The summed E-state index contributed by atoms with van der Waals surface area (Å²) in [6.45, 7) is 4.29. The molecule has 0 saturated heterocycles. The van der Waals surface area contributed by atoms with E-state index in [4.69, 9.17) is 11.6 Å². The first-order valence-electron chi connectivity index (χ1n) is 9.64. The first kappa shape index (κ1) is 22.6. The zero-order valence-electron chi connectivity index (χ0n) is 17.0. The molecule has 0 unspecified atom stereocenters. The molecule has 0 aliphatic carbocycles. The summed E-state index contributed by atoms with van der Waals surface area (Å²) in [6, 6.07) is 11.4. The van der Waals surface area contributed by atoms with Crippen molar-refractivity contribution >= 4 is 28.9 Å². The van der Waals surface area contributed by atoms with E-state index in [-0.39, 0.29) is 5.69 Å². The van der Waals surface area contributed by atoms with Gasteiger partial charge >= 0.3 is 6.18 Å². The third-order valence-corrected chi connectivity index (χ3v) is 5.12. The fourth-order valence-electron chi connectivity index (χ4n) is 2.94. The van der Waals surface area contributed by atoms with Crippen molar-refractivity contribution < 1.29 is 18.0 Å². The van der Waals surface area contributed by atoms with Gasteiger partial charge in [-0.3, -0.25) is 9.78 Å². The summed E-state index contributed by atoms with van der Waals surface area (Å²) in [5, 5.41) is 6.36. The molecule has 0 aliphatic heterocycles. The molecular weight excluding hydrogens is 427 g/mol.